The molecule has 0 unspecified atom stereocenters. The van der Waals surface area contributed by atoms with Crippen molar-refractivity contribution in [2.24, 2.45) is 0 Å². The van der Waals surface area contributed by atoms with Gasteiger partial charge in [-0.15, -0.1) is 11.3 Å². The van der Waals surface area contributed by atoms with E-state index in [-0.39, 0.29) is 15.9 Å². The number of hydrogen-bond acceptors (Lipinski definition) is 4. The summed E-state index contributed by atoms with van der Waals surface area (Å²) in [7, 11) is 0. The number of fused-ring (bicyclic) bond motifs is 2. The minimum Gasteiger partial charge on any atom is -0.299 e. The number of aromatic amines is 2. The van der Waals surface area contributed by atoms with Gasteiger partial charge in [-0.25, -0.2) is 0 Å². The van der Waals surface area contributed by atoms with E-state index in [2.05, 4.69) is 9.97 Å². The summed E-state index contributed by atoms with van der Waals surface area (Å²) in [5.41, 5.74) is -0.662. The minimum absolute atomic E-state index is 0.00139. The fraction of sp³-hybridized carbons (Fsp3) is 0. The predicted octanol–water partition coefficient (Wildman–Crippen LogP) is 3.28. The molecule has 0 saturated heterocycles. The van der Waals surface area contributed by atoms with Gasteiger partial charge in [-0.1, -0.05) is 24.3 Å². The van der Waals surface area contributed by atoms with Gasteiger partial charge in [-0.05, 0) is 36.5 Å². The van der Waals surface area contributed by atoms with E-state index < -0.39 is 0 Å². The topological polar surface area (TPSA) is 65.7 Å². The smallest absolute Gasteiger partial charge is 0.258 e. The van der Waals surface area contributed by atoms with Crippen LogP contribution in [0.3, 0.4) is 0 Å². The Hall–Kier alpha value is -2.31. The molecule has 0 fully saturated rings. The lowest BCUT2D eigenvalue weighted by Gasteiger charge is -1.94. The molecule has 0 aliphatic carbocycles. The summed E-state index contributed by atoms with van der Waals surface area (Å²) in [5.74, 6) is 0. The molecule has 0 atom stereocenters. The van der Waals surface area contributed by atoms with E-state index in [9.17, 15) is 9.59 Å². The van der Waals surface area contributed by atoms with Crippen molar-refractivity contribution in [2.75, 3.05) is 0 Å². The molecular formula is C15H10N2O2S2. The molecule has 3 rings (SSSR count). The molecule has 2 N–H and O–H groups in total. The van der Waals surface area contributed by atoms with E-state index in [1.165, 1.54) is 11.3 Å². The van der Waals surface area contributed by atoms with E-state index in [0.717, 1.165) is 9.40 Å². The van der Waals surface area contributed by atoms with Gasteiger partial charge in [0.15, 0.2) is 4.77 Å². The summed E-state index contributed by atoms with van der Waals surface area (Å²) in [4.78, 5) is 29.4. The van der Waals surface area contributed by atoms with Crippen LogP contribution < -0.4 is 11.1 Å². The Labute approximate surface area is 128 Å². The minimum atomic E-state index is -0.331. The van der Waals surface area contributed by atoms with Gasteiger partial charge in [0.1, 0.15) is 0 Å². The Morgan fingerprint density at radius 2 is 1.19 bits per heavy atom. The molecule has 0 spiro atoms. The first-order valence-electron chi connectivity index (χ1n) is 6.18. The summed E-state index contributed by atoms with van der Waals surface area (Å²) < 4.78 is 1.56. The summed E-state index contributed by atoms with van der Waals surface area (Å²) in [6.45, 7) is 0. The Balaban J connectivity index is 2.72. The highest BCUT2D eigenvalue weighted by Gasteiger charge is 1.98. The van der Waals surface area contributed by atoms with Crippen LogP contribution in [0.1, 0.15) is 0 Å². The van der Waals surface area contributed by atoms with Gasteiger partial charge in [0.25, 0.3) is 11.1 Å². The molecule has 6 heteroatoms. The maximum Gasteiger partial charge on any atom is 0.258 e. The van der Waals surface area contributed by atoms with Crippen LogP contribution in [0, 0.1) is 4.77 Å². The number of rotatable bonds is 0. The summed E-state index contributed by atoms with van der Waals surface area (Å²) in [6.07, 6.45) is 0. The molecule has 1 aromatic heterocycles. The average Bonchev–Trinajstić information content (AvgIpc) is 2.47. The van der Waals surface area contributed by atoms with Crippen molar-refractivity contribution in [1.82, 2.24) is 9.97 Å². The highest BCUT2D eigenvalue weighted by Crippen LogP contribution is 2.19. The number of nitrogens with one attached hydrogen (secondary N) is 2. The van der Waals surface area contributed by atoms with Gasteiger partial charge in [0, 0.05) is 9.40 Å². The third-order valence-electron chi connectivity index (χ3n) is 2.94. The molecule has 4 nitrogen and oxygen atoms in total. The molecule has 0 amide bonds. The van der Waals surface area contributed by atoms with Crippen molar-refractivity contribution in [3.8, 4) is 0 Å². The van der Waals surface area contributed by atoms with Crippen LogP contribution in [-0.4, -0.2) is 9.97 Å². The Morgan fingerprint density at radius 1 is 0.762 bits per heavy atom. The third-order valence-corrected chi connectivity index (χ3v) is 4.29. The van der Waals surface area contributed by atoms with Crippen LogP contribution in [-0.2, 0) is 0 Å². The Kier molecular flexibility index (Phi) is 3.64. The second kappa shape index (κ2) is 5.59. The Morgan fingerprint density at radius 3 is 1.67 bits per heavy atom. The van der Waals surface area contributed by atoms with Crippen molar-refractivity contribution < 1.29 is 0 Å². The number of benzene rings is 2. The monoisotopic (exact) mass is 314 g/mol. The zero-order chi connectivity index (χ0) is 14.8. The molecule has 0 saturated carbocycles. The molecule has 104 valence electrons. The van der Waals surface area contributed by atoms with Gasteiger partial charge in [0.05, 0.1) is 10.8 Å². The predicted molar refractivity (Wildman–Crippen MR) is 89.0 cm³/mol. The normalized spacial score (nSPS) is 10.5. The largest absolute Gasteiger partial charge is 0.299 e. The van der Waals surface area contributed by atoms with Crippen LogP contribution in [0.25, 0.3) is 20.2 Å². The second-order valence-electron chi connectivity index (χ2n) is 4.33. The van der Waals surface area contributed by atoms with Gasteiger partial charge in [0.2, 0.25) is 0 Å². The van der Waals surface area contributed by atoms with Gasteiger partial charge >= 0.3 is 0 Å². The molecule has 0 radical (unpaired) electrons. The van der Waals surface area contributed by atoms with Crippen molar-refractivity contribution in [3.05, 3.63) is 74.0 Å². The molecule has 0 aliphatic rings. The Bertz CT molecular complexity index is 981. The molecule has 2 aromatic carbocycles. The van der Waals surface area contributed by atoms with Gasteiger partial charge < -0.3 is 0 Å². The molecule has 21 heavy (non-hydrogen) atoms. The molecule has 1 heterocycles. The first kappa shape index (κ1) is 13.7. The molecule has 0 bridgehead atoms. The first-order valence-corrected chi connectivity index (χ1v) is 7.40. The van der Waals surface area contributed by atoms with E-state index in [1.807, 2.05) is 24.3 Å². The van der Waals surface area contributed by atoms with Crippen LogP contribution in [0.5, 0.6) is 0 Å². The number of H-pyrrole nitrogens is 2. The lowest BCUT2D eigenvalue weighted by Crippen LogP contribution is -2.08. The zero-order valence-electron chi connectivity index (χ0n) is 10.8. The fourth-order valence-corrected chi connectivity index (χ4v) is 3.23. The molecule has 3 aromatic rings. The highest BCUT2D eigenvalue weighted by molar-refractivity contribution is 7.71. The fourth-order valence-electron chi connectivity index (χ4n) is 1.98. The van der Waals surface area contributed by atoms with Crippen molar-refractivity contribution >= 4 is 43.7 Å². The van der Waals surface area contributed by atoms with Crippen LogP contribution >= 0.6 is 23.6 Å². The van der Waals surface area contributed by atoms with Gasteiger partial charge in [-0.3, -0.25) is 19.6 Å². The molecule has 0 aliphatic heterocycles. The van der Waals surface area contributed by atoms with Crippen molar-refractivity contribution in [3.63, 3.8) is 0 Å². The standard InChI is InChI=1S/C15H10N2O2S2/c18-13-9-5-1-3-7-11(9)21-12-8-4-2-6-10(12)14(19)17-15(20)16-13/h1-8H,(H2,16,17,18,19,20). The summed E-state index contributed by atoms with van der Waals surface area (Å²) in [5, 5.41) is 1.05. The van der Waals surface area contributed by atoms with Crippen molar-refractivity contribution in [2.45, 2.75) is 0 Å². The molecular weight excluding hydrogens is 304 g/mol. The van der Waals surface area contributed by atoms with E-state index in [1.54, 1.807) is 24.3 Å². The van der Waals surface area contributed by atoms with Gasteiger partial charge in [-0.2, -0.15) is 0 Å². The second-order valence-corrected chi connectivity index (χ2v) is 5.82. The van der Waals surface area contributed by atoms with Crippen LogP contribution in [0.15, 0.2) is 58.1 Å². The maximum atomic E-state index is 12.2. The van der Waals surface area contributed by atoms with Crippen LogP contribution in [0.2, 0.25) is 0 Å². The highest BCUT2D eigenvalue weighted by atomic mass is 32.1. The van der Waals surface area contributed by atoms with E-state index in [4.69, 9.17) is 12.2 Å². The van der Waals surface area contributed by atoms with Crippen molar-refractivity contribution in [1.29, 1.82) is 0 Å². The average molecular weight is 314 g/mol. The summed E-state index contributed by atoms with van der Waals surface area (Å²) in [6, 6.07) is 14.4. The third kappa shape index (κ3) is 2.76. The maximum absolute atomic E-state index is 12.2. The lowest BCUT2D eigenvalue weighted by atomic mass is 10.3. The lowest BCUT2D eigenvalue weighted by molar-refractivity contribution is 1.11. The number of hydrogen-bond donors (Lipinski definition) is 2. The van der Waals surface area contributed by atoms with E-state index in [0.29, 0.717) is 10.8 Å². The zero-order valence-corrected chi connectivity index (χ0v) is 12.4. The quantitative estimate of drug-likeness (QED) is 0.626. The van der Waals surface area contributed by atoms with Crippen LogP contribution in [0.4, 0.5) is 0 Å². The number of aromatic nitrogens is 2. The first-order chi connectivity index (χ1) is 10.1. The summed E-state index contributed by atoms with van der Waals surface area (Å²) >= 11 is 6.38. The van der Waals surface area contributed by atoms with E-state index >= 15 is 0 Å². The SMILES string of the molecule is O=c1[nH]c(=S)[nH]c(=O)c2ccccc2sc2ccccc12.